The first-order valence-electron chi connectivity index (χ1n) is 7.13. The molecule has 1 amide bonds. The number of benzene rings is 1. The van der Waals surface area contributed by atoms with Gasteiger partial charge >= 0.3 is 0 Å². The highest BCUT2D eigenvalue weighted by molar-refractivity contribution is 9.10. The molecule has 2 rings (SSSR count). The Bertz CT molecular complexity index is 475. The lowest BCUT2D eigenvalue weighted by atomic mass is 10.0. The summed E-state index contributed by atoms with van der Waals surface area (Å²) in [4.78, 5) is 14.5. The second-order valence-corrected chi connectivity index (χ2v) is 6.60. The lowest BCUT2D eigenvalue weighted by Crippen LogP contribution is -2.38. The minimum absolute atomic E-state index is 0.103. The van der Waals surface area contributed by atoms with Crippen LogP contribution in [0.3, 0.4) is 0 Å². The highest BCUT2D eigenvalue weighted by Gasteiger charge is 2.34. The molecule has 0 aromatic heterocycles. The Morgan fingerprint density at radius 2 is 2.20 bits per heavy atom. The Morgan fingerprint density at radius 1 is 1.45 bits per heavy atom. The van der Waals surface area contributed by atoms with Crippen molar-refractivity contribution in [2.45, 2.75) is 37.6 Å². The van der Waals surface area contributed by atoms with Crippen LogP contribution in [0.15, 0.2) is 24.3 Å². The number of rotatable bonds is 4. The summed E-state index contributed by atoms with van der Waals surface area (Å²) < 4.78 is 5.28. The van der Waals surface area contributed by atoms with Gasteiger partial charge in [-0.1, -0.05) is 41.9 Å². The van der Waals surface area contributed by atoms with Gasteiger partial charge in [-0.15, -0.1) is 0 Å². The van der Waals surface area contributed by atoms with Crippen molar-refractivity contribution in [1.29, 1.82) is 0 Å². The van der Waals surface area contributed by atoms with Crippen LogP contribution in [0.4, 0.5) is 0 Å². The minimum atomic E-state index is -0.103. The third-order valence-electron chi connectivity index (χ3n) is 3.84. The van der Waals surface area contributed by atoms with Gasteiger partial charge in [0, 0.05) is 6.54 Å². The molecule has 4 heteroatoms. The monoisotopic (exact) mass is 339 g/mol. The van der Waals surface area contributed by atoms with E-state index in [1.54, 1.807) is 7.11 Å². The Hall–Kier alpha value is -1.03. The van der Waals surface area contributed by atoms with Crippen molar-refractivity contribution >= 4 is 21.8 Å². The highest BCUT2D eigenvalue weighted by Crippen LogP contribution is 2.35. The number of halogens is 1. The summed E-state index contributed by atoms with van der Waals surface area (Å²) in [5.41, 5.74) is 1.17. The summed E-state index contributed by atoms with van der Waals surface area (Å²) >= 11 is 3.53. The molecule has 1 aromatic carbocycles. The predicted molar refractivity (Wildman–Crippen MR) is 84.2 cm³/mol. The zero-order chi connectivity index (χ0) is 14.7. The Kier molecular flexibility index (Phi) is 5.08. The summed E-state index contributed by atoms with van der Waals surface area (Å²) in [7, 11) is 1.67. The van der Waals surface area contributed by atoms with Gasteiger partial charge in [-0.05, 0) is 36.5 Å². The lowest BCUT2D eigenvalue weighted by Gasteiger charge is -2.28. The fraction of sp³-hybridized carbons (Fsp3) is 0.562. The zero-order valence-corrected chi connectivity index (χ0v) is 13.9. The Labute approximate surface area is 129 Å². The molecule has 2 atom stereocenters. The standard InChI is InChI=1S/C16H22BrNO2/c1-11(2)15(17)16(19)18-9-5-8-14(18)12-6-4-7-13(10-12)20-3/h4,6-7,10-11,14-15H,5,8-9H2,1-3H3. The molecule has 1 fully saturated rings. The number of alkyl halides is 1. The van der Waals surface area contributed by atoms with Crippen LogP contribution < -0.4 is 4.74 Å². The minimum Gasteiger partial charge on any atom is -0.497 e. The first-order chi connectivity index (χ1) is 9.54. The molecule has 0 spiro atoms. The number of hydrogen-bond acceptors (Lipinski definition) is 2. The van der Waals surface area contributed by atoms with E-state index in [0.29, 0.717) is 5.92 Å². The molecule has 0 bridgehead atoms. The van der Waals surface area contributed by atoms with Gasteiger partial charge < -0.3 is 9.64 Å². The normalized spacial score (nSPS) is 20.2. The van der Waals surface area contributed by atoms with Crippen molar-refractivity contribution in [3.63, 3.8) is 0 Å². The quantitative estimate of drug-likeness (QED) is 0.781. The van der Waals surface area contributed by atoms with Crippen molar-refractivity contribution in [3.05, 3.63) is 29.8 Å². The second kappa shape index (κ2) is 6.61. The second-order valence-electron chi connectivity index (χ2n) is 5.61. The summed E-state index contributed by atoms with van der Waals surface area (Å²) in [5, 5.41) is 0. The van der Waals surface area contributed by atoms with Crippen LogP contribution in [0.1, 0.15) is 38.3 Å². The summed E-state index contributed by atoms with van der Waals surface area (Å²) in [6, 6.07) is 8.22. The van der Waals surface area contributed by atoms with E-state index in [1.807, 2.05) is 23.1 Å². The Morgan fingerprint density at radius 3 is 2.85 bits per heavy atom. The molecule has 0 saturated carbocycles. The van der Waals surface area contributed by atoms with Crippen LogP contribution >= 0.6 is 15.9 Å². The van der Waals surface area contributed by atoms with Gasteiger partial charge in [0.25, 0.3) is 0 Å². The van der Waals surface area contributed by atoms with Crippen molar-refractivity contribution in [2.24, 2.45) is 5.92 Å². The molecule has 2 unspecified atom stereocenters. The van der Waals surface area contributed by atoms with Crippen LogP contribution in [0.2, 0.25) is 0 Å². The maximum absolute atomic E-state index is 12.6. The maximum atomic E-state index is 12.6. The molecule has 1 aromatic rings. The summed E-state index contributed by atoms with van der Waals surface area (Å²) in [6.07, 6.45) is 2.09. The molecule has 0 aliphatic carbocycles. The van der Waals surface area contributed by atoms with Gasteiger partial charge in [-0.2, -0.15) is 0 Å². The topological polar surface area (TPSA) is 29.5 Å². The SMILES string of the molecule is COc1cccc(C2CCCN2C(=O)C(Br)C(C)C)c1. The predicted octanol–water partition coefficient (Wildman–Crippen LogP) is 3.78. The maximum Gasteiger partial charge on any atom is 0.237 e. The molecular formula is C16H22BrNO2. The number of carbonyl (C=O) groups is 1. The van der Waals surface area contributed by atoms with Gasteiger partial charge in [0.2, 0.25) is 5.91 Å². The highest BCUT2D eigenvalue weighted by atomic mass is 79.9. The molecule has 1 heterocycles. The van der Waals surface area contributed by atoms with E-state index in [9.17, 15) is 4.79 Å². The molecule has 0 N–H and O–H groups in total. The first-order valence-corrected chi connectivity index (χ1v) is 8.04. The molecule has 20 heavy (non-hydrogen) atoms. The van der Waals surface area contributed by atoms with Gasteiger partial charge in [0.1, 0.15) is 5.75 Å². The number of hydrogen-bond donors (Lipinski definition) is 0. The molecule has 110 valence electrons. The first kappa shape index (κ1) is 15.4. The van der Waals surface area contributed by atoms with Gasteiger partial charge in [-0.3, -0.25) is 4.79 Å². The van der Waals surface area contributed by atoms with E-state index < -0.39 is 0 Å². The van der Waals surface area contributed by atoms with E-state index in [2.05, 4.69) is 35.8 Å². The molecule has 3 nitrogen and oxygen atoms in total. The van der Waals surface area contributed by atoms with Crippen LogP contribution in [-0.4, -0.2) is 29.3 Å². The van der Waals surface area contributed by atoms with Crippen LogP contribution in [0.5, 0.6) is 5.75 Å². The van der Waals surface area contributed by atoms with Crippen LogP contribution in [-0.2, 0) is 4.79 Å². The van der Waals surface area contributed by atoms with E-state index in [4.69, 9.17) is 4.74 Å². The Balaban J connectivity index is 2.20. The van der Waals surface area contributed by atoms with E-state index in [0.717, 1.165) is 25.1 Å². The summed E-state index contributed by atoms with van der Waals surface area (Å²) in [5.74, 6) is 1.35. The van der Waals surface area contributed by atoms with Crippen LogP contribution in [0, 0.1) is 5.92 Å². The number of ether oxygens (including phenoxy) is 1. The van der Waals surface area contributed by atoms with Crippen LogP contribution in [0.25, 0.3) is 0 Å². The third-order valence-corrected chi connectivity index (χ3v) is 5.28. The van der Waals surface area contributed by atoms with Crippen molar-refractivity contribution < 1.29 is 9.53 Å². The van der Waals surface area contributed by atoms with Crippen molar-refractivity contribution in [2.75, 3.05) is 13.7 Å². The molecule has 1 aliphatic heterocycles. The molecule has 1 aliphatic rings. The molecule has 1 saturated heterocycles. The average Bonchev–Trinajstić information content (AvgIpc) is 2.95. The molecular weight excluding hydrogens is 318 g/mol. The number of likely N-dealkylation sites (tertiary alicyclic amines) is 1. The van der Waals surface area contributed by atoms with E-state index in [-0.39, 0.29) is 16.8 Å². The van der Waals surface area contributed by atoms with E-state index in [1.165, 1.54) is 5.56 Å². The van der Waals surface area contributed by atoms with Gasteiger partial charge in [0.15, 0.2) is 0 Å². The average molecular weight is 340 g/mol. The van der Waals surface area contributed by atoms with Crippen molar-refractivity contribution in [1.82, 2.24) is 4.90 Å². The lowest BCUT2D eigenvalue weighted by molar-refractivity contribution is -0.132. The van der Waals surface area contributed by atoms with Gasteiger partial charge in [-0.25, -0.2) is 0 Å². The number of nitrogens with zero attached hydrogens (tertiary/aromatic N) is 1. The largest absolute Gasteiger partial charge is 0.497 e. The number of methoxy groups -OCH3 is 1. The fourth-order valence-electron chi connectivity index (χ4n) is 2.67. The smallest absolute Gasteiger partial charge is 0.237 e. The third kappa shape index (κ3) is 3.17. The zero-order valence-electron chi connectivity index (χ0n) is 12.3. The van der Waals surface area contributed by atoms with Gasteiger partial charge in [0.05, 0.1) is 18.0 Å². The number of carbonyl (C=O) groups excluding carboxylic acids is 1. The van der Waals surface area contributed by atoms with Crippen molar-refractivity contribution in [3.8, 4) is 5.75 Å². The molecule has 0 radical (unpaired) electrons. The number of amides is 1. The fourth-order valence-corrected chi connectivity index (χ4v) is 2.93. The summed E-state index contributed by atoms with van der Waals surface area (Å²) in [6.45, 7) is 4.97. The van der Waals surface area contributed by atoms with E-state index >= 15 is 0 Å².